The summed E-state index contributed by atoms with van der Waals surface area (Å²) in [5, 5.41) is 6.74. The van der Waals surface area contributed by atoms with Gasteiger partial charge in [-0.15, -0.1) is 0 Å². The molecule has 130 valence electrons. The molecule has 0 saturated carbocycles. The van der Waals surface area contributed by atoms with Gasteiger partial charge in [-0.25, -0.2) is 4.98 Å². The van der Waals surface area contributed by atoms with Crippen molar-refractivity contribution in [2.75, 3.05) is 17.2 Å². The van der Waals surface area contributed by atoms with E-state index in [2.05, 4.69) is 21.7 Å². The van der Waals surface area contributed by atoms with Crippen LogP contribution in [0.15, 0.2) is 54.2 Å². The fraction of sp³-hybridized carbons (Fsp3) is 0.300. The molecular weight excluding hydrogens is 334 g/mol. The second kappa shape index (κ2) is 8.67. The van der Waals surface area contributed by atoms with E-state index < -0.39 is 0 Å². The van der Waals surface area contributed by atoms with Gasteiger partial charge in [0.15, 0.2) is 0 Å². The largest absolute Gasteiger partial charge is 0.370 e. The molecule has 3 rings (SSSR count). The molecule has 1 aliphatic rings. The zero-order valence-corrected chi connectivity index (χ0v) is 14.9. The van der Waals surface area contributed by atoms with Gasteiger partial charge in [-0.2, -0.15) is 0 Å². The van der Waals surface area contributed by atoms with Gasteiger partial charge >= 0.3 is 0 Å². The molecule has 2 aromatic rings. The van der Waals surface area contributed by atoms with Crippen LogP contribution in [0.2, 0.25) is 5.02 Å². The van der Waals surface area contributed by atoms with Gasteiger partial charge in [0, 0.05) is 29.0 Å². The van der Waals surface area contributed by atoms with Crippen molar-refractivity contribution in [2.45, 2.75) is 32.1 Å². The van der Waals surface area contributed by atoms with Crippen LogP contribution in [0.25, 0.3) is 0 Å². The molecule has 1 amide bonds. The predicted octanol–water partition coefficient (Wildman–Crippen LogP) is 5.29. The smallest absolute Gasteiger partial charge is 0.255 e. The molecule has 1 heterocycles. The molecule has 0 radical (unpaired) electrons. The van der Waals surface area contributed by atoms with Crippen molar-refractivity contribution >= 4 is 29.0 Å². The van der Waals surface area contributed by atoms with E-state index in [1.807, 2.05) is 6.07 Å². The summed E-state index contributed by atoms with van der Waals surface area (Å²) in [6.07, 6.45) is 10.0. The molecule has 0 bridgehead atoms. The number of anilines is 2. The lowest BCUT2D eigenvalue weighted by molar-refractivity contribution is 0.102. The highest BCUT2D eigenvalue weighted by atomic mass is 35.5. The van der Waals surface area contributed by atoms with Gasteiger partial charge in [0.05, 0.1) is 0 Å². The molecule has 0 aliphatic heterocycles. The maximum atomic E-state index is 12.4. The zero-order valence-electron chi connectivity index (χ0n) is 14.1. The zero-order chi connectivity index (χ0) is 17.5. The van der Waals surface area contributed by atoms with Gasteiger partial charge in [-0.3, -0.25) is 4.79 Å². The molecule has 1 aromatic carbocycles. The van der Waals surface area contributed by atoms with E-state index in [9.17, 15) is 4.79 Å². The van der Waals surface area contributed by atoms with Gasteiger partial charge in [0.2, 0.25) is 0 Å². The Bertz CT molecular complexity index is 773. The van der Waals surface area contributed by atoms with Gasteiger partial charge in [-0.05, 0) is 62.4 Å². The van der Waals surface area contributed by atoms with Crippen LogP contribution in [0, 0.1) is 0 Å². The molecule has 0 fully saturated rings. The summed E-state index contributed by atoms with van der Waals surface area (Å²) in [7, 11) is 0. The first kappa shape index (κ1) is 17.5. The lowest BCUT2D eigenvalue weighted by Gasteiger charge is -2.13. The predicted molar refractivity (Wildman–Crippen MR) is 103 cm³/mol. The van der Waals surface area contributed by atoms with Crippen molar-refractivity contribution in [3.8, 4) is 0 Å². The van der Waals surface area contributed by atoms with Crippen molar-refractivity contribution in [3.05, 3.63) is 64.8 Å². The Morgan fingerprint density at radius 1 is 1.20 bits per heavy atom. The summed E-state index contributed by atoms with van der Waals surface area (Å²) in [5.41, 5.74) is 2.76. The van der Waals surface area contributed by atoms with Crippen molar-refractivity contribution in [1.29, 1.82) is 0 Å². The Kier molecular flexibility index (Phi) is 6.07. The molecule has 25 heavy (non-hydrogen) atoms. The summed E-state index contributed by atoms with van der Waals surface area (Å²) in [6, 6.07) is 10.6. The Morgan fingerprint density at radius 2 is 2.12 bits per heavy atom. The Hall–Kier alpha value is -2.33. The van der Waals surface area contributed by atoms with Crippen LogP contribution in [0.4, 0.5) is 11.5 Å². The monoisotopic (exact) mass is 355 g/mol. The number of aromatic nitrogens is 1. The fourth-order valence-electron chi connectivity index (χ4n) is 2.92. The number of benzene rings is 1. The molecule has 1 aliphatic carbocycles. The Labute approximate surface area is 153 Å². The first-order valence-corrected chi connectivity index (χ1v) is 9.03. The topological polar surface area (TPSA) is 54.0 Å². The average molecular weight is 356 g/mol. The Morgan fingerprint density at radius 3 is 2.92 bits per heavy atom. The standard InChI is InChI=1S/C20H22ClN3O/c21-17-7-4-8-18(14-17)24-20(25)16-10-12-23-19(13-16)22-11-9-15-5-2-1-3-6-15/h4-5,7-8,10,12-14H,1-3,6,9,11H2,(H,22,23)(H,24,25). The van der Waals surface area contributed by atoms with Gasteiger partial charge < -0.3 is 10.6 Å². The number of rotatable bonds is 6. The minimum absolute atomic E-state index is 0.178. The van der Waals surface area contributed by atoms with Crippen molar-refractivity contribution in [3.63, 3.8) is 0 Å². The Balaban J connectivity index is 1.56. The molecule has 0 spiro atoms. The summed E-state index contributed by atoms with van der Waals surface area (Å²) in [6.45, 7) is 0.832. The van der Waals surface area contributed by atoms with Gasteiger partial charge in [-0.1, -0.05) is 29.3 Å². The van der Waals surface area contributed by atoms with Crippen molar-refractivity contribution in [1.82, 2.24) is 4.98 Å². The molecule has 5 heteroatoms. The van der Waals surface area contributed by atoms with E-state index in [4.69, 9.17) is 11.6 Å². The van der Waals surface area contributed by atoms with Gasteiger partial charge in [0.25, 0.3) is 5.91 Å². The number of halogens is 1. The number of nitrogens with one attached hydrogen (secondary N) is 2. The fourth-order valence-corrected chi connectivity index (χ4v) is 3.11. The highest BCUT2D eigenvalue weighted by molar-refractivity contribution is 6.30. The second-order valence-corrected chi connectivity index (χ2v) is 6.62. The second-order valence-electron chi connectivity index (χ2n) is 6.18. The lowest BCUT2D eigenvalue weighted by atomic mass is 9.97. The normalized spacial score (nSPS) is 13.9. The highest BCUT2D eigenvalue weighted by Crippen LogP contribution is 2.20. The third-order valence-corrected chi connectivity index (χ3v) is 4.48. The van der Waals surface area contributed by atoms with E-state index in [1.165, 1.54) is 31.3 Å². The number of allylic oxidation sites excluding steroid dienone is 1. The average Bonchev–Trinajstić information content (AvgIpc) is 2.63. The van der Waals surface area contributed by atoms with Crippen LogP contribution in [-0.2, 0) is 0 Å². The molecule has 4 nitrogen and oxygen atoms in total. The lowest BCUT2D eigenvalue weighted by Crippen LogP contribution is -2.13. The first-order valence-electron chi connectivity index (χ1n) is 8.65. The van der Waals surface area contributed by atoms with E-state index >= 15 is 0 Å². The third kappa shape index (κ3) is 5.33. The first-order chi connectivity index (χ1) is 12.2. The maximum Gasteiger partial charge on any atom is 0.255 e. The quantitative estimate of drug-likeness (QED) is 0.692. The minimum Gasteiger partial charge on any atom is -0.370 e. The SMILES string of the molecule is O=C(Nc1cccc(Cl)c1)c1ccnc(NCCC2=CCCCC2)c1. The molecule has 0 unspecified atom stereocenters. The number of nitrogens with zero attached hydrogens (tertiary/aromatic N) is 1. The van der Waals surface area contributed by atoms with E-state index in [1.54, 1.807) is 36.5 Å². The summed E-state index contributed by atoms with van der Waals surface area (Å²) >= 11 is 5.94. The number of hydrogen-bond donors (Lipinski definition) is 2. The van der Waals surface area contributed by atoms with Crippen LogP contribution in [0.5, 0.6) is 0 Å². The number of carbonyl (C=O) groups excluding carboxylic acids is 1. The highest BCUT2D eigenvalue weighted by Gasteiger charge is 2.08. The van der Waals surface area contributed by atoms with E-state index in [-0.39, 0.29) is 5.91 Å². The minimum atomic E-state index is -0.178. The molecule has 2 N–H and O–H groups in total. The molecule has 1 aromatic heterocycles. The van der Waals surface area contributed by atoms with Gasteiger partial charge in [0.1, 0.15) is 5.82 Å². The number of carbonyl (C=O) groups is 1. The summed E-state index contributed by atoms with van der Waals surface area (Å²) in [4.78, 5) is 16.7. The van der Waals surface area contributed by atoms with Crippen LogP contribution >= 0.6 is 11.6 Å². The van der Waals surface area contributed by atoms with Crippen LogP contribution in [0.1, 0.15) is 42.5 Å². The third-order valence-electron chi connectivity index (χ3n) is 4.24. The summed E-state index contributed by atoms with van der Waals surface area (Å²) < 4.78 is 0. The van der Waals surface area contributed by atoms with E-state index in [0.29, 0.717) is 16.3 Å². The van der Waals surface area contributed by atoms with Crippen molar-refractivity contribution < 1.29 is 4.79 Å². The number of amides is 1. The number of pyridine rings is 1. The number of hydrogen-bond acceptors (Lipinski definition) is 3. The van der Waals surface area contributed by atoms with E-state index in [0.717, 1.165) is 18.8 Å². The maximum absolute atomic E-state index is 12.4. The summed E-state index contributed by atoms with van der Waals surface area (Å²) in [5.74, 6) is 0.540. The molecule has 0 saturated heterocycles. The van der Waals surface area contributed by atoms with Crippen LogP contribution in [-0.4, -0.2) is 17.4 Å². The van der Waals surface area contributed by atoms with Crippen LogP contribution in [0.3, 0.4) is 0 Å². The molecular formula is C20H22ClN3O. The van der Waals surface area contributed by atoms with Crippen molar-refractivity contribution in [2.24, 2.45) is 0 Å². The molecule has 0 atom stereocenters. The van der Waals surface area contributed by atoms with Crippen LogP contribution < -0.4 is 10.6 Å².